The minimum absolute atomic E-state index is 0.313. The van der Waals surface area contributed by atoms with Gasteiger partial charge in [-0.1, -0.05) is 19.8 Å². The zero-order valence-electron chi connectivity index (χ0n) is 11.0. The first kappa shape index (κ1) is 13.0. The van der Waals surface area contributed by atoms with E-state index in [4.69, 9.17) is 0 Å². The van der Waals surface area contributed by atoms with Gasteiger partial charge >= 0.3 is 0 Å². The first-order valence-corrected chi connectivity index (χ1v) is 6.50. The minimum atomic E-state index is 0.313. The molecule has 1 N–H and O–H groups in total. The van der Waals surface area contributed by atoms with Crippen LogP contribution in [0.1, 0.15) is 52.9 Å². The van der Waals surface area contributed by atoms with E-state index in [0.29, 0.717) is 5.54 Å². The topological polar surface area (TPSA) is 15.3 Å². The average Bonchev–Trinajstić information content (AvgIpc) is 2.16. The smallest absolute Gasteiger partial charge is 0.0217 e. The van der Waals surface area contributed by atoms with Crippen LogP contribution < -0.4 is 5.32 Å². The van der Waals surface area contributed by atoms with Crippen molar-refractivity contribution < 1.29 is 0 Å². The van der Waals surface area contributed by atoms with Crippen molar-refractivity contribution in [3.05, 3.63) is 0 Å². The molecule has 1 saturated heterocycles. The van der Waals surface area contributed by atoms with Crippen LogP contribution in [0.15, 0.2) is 0 Å². The zero-order valence-corrected chi connectivity index (χ0v) is 11.0. The summed E-state index contributed by atoms with van der Waals surface area (Å²) in [5.74, 6) is 0. The molecular formula is C13H28N2. The molecule has 2 nitrogen and oxygen atoms in total. The molecule has 0 saturated carbocycles. The molecule has 1 fully saturated rings. The van der Waals surface area contributed by atoms with Crippen LogP contribution in [-0.2, 0) is 0 Å². The van der Waals surface area contributed by atoms with Crippen molar-refractivity contribution in [2.75, 3.05) is 20.1 Å². The molecule has 0 aromatic rings. The van der Waals surface area contributed by atoms with Gasteiger partial charge in [0, 0.05) is 18.1 Å². The second-order valence-corrected chi connectivity index (χ2v) is 5.64. The quantitative estimate of drug-likeness (QED) is 0.753. The van der Waals surface area contributed by atoms with E-state index in [0.717, 1.165) is 12.6 Å². The minimum Gasteiger partial charge on any atom is -0.310 e. The normalized spacial score (nSPS) is 24.4. The van der Waals surface area contributed by atoms with Gasteiger partial charge in [0.25, 0.3) is 0 Å². The summed E-state index contributed by atoms with van der Waals surface area (Å²) in [6.45, 7) is 9.33. The Labute approximate surface area is 95.4 Å². The summed E-state index contributed by atoms with van der Waals surface area (Å²) < 4.78 is 0. The van der Waals surface area contributed by atoms with Gasteiger partial charge in [-0.3, -0.25) is 0 Å². The van der Waals surface area contributed by atoms with Gasteiger partial charge in [0.05, 0.1) is 0 Å². The van der Waals surface area contributed by atoms with E-state index >= 15 is 0 Å². The Morgan fingerprint density at radius 3 is 2.67 bits per heavy atom. The molecule has 0 aliphatic carbocycles. The summed E-state index contributed by atoms with van der Waals surface area (Å²) in [6.07, 6.45) is 6.69. The molecule has 0 spiro atoms. The number of likely N-dealkylation sites (N-methyl/N-ethyl adjacent to an activating group) is 1. The number of piperidine rings is 1. The molecule has 1 heterocycles. The summed E-state index contributed by atoms with van der Waals surface area (Å²) in [4.78, 5) is 2.51. The fourth-order valence-electron chi connectivity index (χ4n) is 2.51. The van der Waals surface area contributed by atoms with Crippen molar-refractivity contribution in [1.29, 1.82) is 0 Å². The van der Waals surface area contributed by atoms with Gasteiger partial charge in [-0.2, -0.15) is 0 Å². The zero-order chi connectivity index (χ0) is 11.3. The van der Waals surface area contributed by atoms with Crippen molar-refractivity contribution >= 4 is 0 Å². The fraction of sp³-hybridized carbons (Fsp3) is 1.00. The summed E-state index contributed by atoms with van der Waals surface area (Å²) in [7, 11) is 2.26. The van der Waals surface area contributed by atoms with Gasteiger partial charge < -0.3 is 10.2 Å². The third-order valence-corrected chi connectivity index (χ3v) is 3.61. The van der Waals surface area contributed by atoms with Gasteiger partial charge in [-0.05, 0) is 46.7 Å². The van der Waals surface area contributed by atoms with Gasteiger partial charge in [0.15, 0.2) is 0 Å². The largest absolute Gasteiger partial charge is 0.310 e. The molecule has 2 heteroatoms. The molecule has 0 aromatic heterocycles. The second kappa shape index (κ2) is 5.86. The van der Waals surface area contributed by atoms with Crippen molar-refractivity contribution in [1.82, 2.24) is 10.2 Å². The summed E-state index contributed by atoms with van der Waals surface area (Å²) in [5.41, 5.74) is 0.313. The van der Waals surface area contributed by atoms with Crippen LogP contribution >= 0.6 is 0 Å². The molecule has 0 amide bonds. The second-order valence-electron chi connectivity index (χ2n) is 5.64. The molecule has 15 heavy (non-hydrogen) atoms. The Bertz CT molecular complexity index is 177. The molecule has 90 valence electrons. The molecular weight excluding hydrogens is 184 g/mol. The highest BCUT2D eigenvalue weighted by Gasteiger charge is 2.22. The Balaban J connectivity index is 2.28. The first-order valence-electron chi connectivity index (χ1n) is 6.50. The van der Waals surface area contributed by atoms with Crippen molar-refractivity contribution in [3.8, 4) is 0 Å². The maximum absolute atomic E-state index is 3.72. The Morgan fingerprint density at radius 2 is 2.07 bits per heavy atom. The molecule has 0 bridgehead atoms. The van der Waals surface area contributed by atoms with E-state index in [1.807, 2.05) is 0 Å². The Hall–Kier alpha value is -0.0800. The van der Waals surface area contributed by atoms with Crippen LogP contribution in [0.2, 0.25) is 0 Å². The Morgan fingerprint density at radius 1 is 1.33 bits per heavy atom. The van der Waals surface area contributed by atoms with Crippen LogP contribution in [0.25, 0.3) is 0 Å². The lowest BCUT2D eigenvalue weighted by Crippen LogP contribution is -2.49. The lowest BCUT2D eigenvalue weighted by molar-refractivity contribution is 0.168. The van der Waals surface area contributed by atoms with Crippen molar-refractivity contribution in [2.24, 2.45) is 0 Å². The fourth-order valence-corrected chi connectivity index (χ4v) is 2.51. The predicted octanol–water partition coefficient (Wildman–Crippen LogP) is 2.64. The van der Waals surface area contributed by atoms with Gasteiger partial charge in [0.1, 0.15) is 0 Å². The molecule has 0 radical (unpaired) electrons. The molecule has 1 atom stereocenters. The van der Waals surface area contributed by atoms with E-state index in [-0.39, 0.29) is 0 Å². The van der Waals surface area contributed by atoms with Crippen LogP contribution in [0.5, 0.6) is 0 Å². The maximum Gasteiger partial charge on any atom is 0.0217 e. The number of hydrogen-bond donors (Lipinski definition) is 1. The summed E-state index contributed by atoms with van der Waals surface area (Å²) >= 11 is 0. The van der Waals surface area contributed by atoms with Crippen molar-refractivity contribution in [3.63, 3.8) is 0 Å². The average molecular weight is 212 g/mol. The molecule has 1 aliphatic heterocycles. The predicted molar refractivity (Wildman–Crippen MR) is 67.3 cm³/mol. The van der Waals surface area contributed by atoms with Crippen LogP contribution in [0.4, 0.5) is 0 Å². The highest BCUT2D eigenvalue weighted by molar-refractivity contribution is 4.82. The number of rotatable bonds is 5. The van der Waals surface area contributed by atoms with E-state index in [1.165, 1.54) is 38.6 Å². The van der Waals surface area contributed by atoms with Crippen molar-refractivity contribution in [2.45, 2.75) is 64.5 Å². The maximum atomic E-state index is 3.72. The molecule has 0 aromatic carbocycles. The van der Waals surface area contributed by atoms with Crippen LogP contribution in [0, 0.1) is 0 Å². The number of nitrogens with one attached hydrogen (secondary N) is 1. The first-order chi connectivity index (χ1) is 7.05. The van der Waals surface area contributed by atoms with Gasteiger partial charge in [-0.25, -0.2) is 0 Å². The van der Waals surface area contributed by atoms with E-state index < -0.39 is 0 Å². The van der Waals surface area contributed by atoms with Gasteiger partial charge in [0.2, 0.25) is 0 Å². The lowest BCUT2D eigenvalue weighted by Gasteiger charge is -2.36. The molecule has 1 aliphatic rings. The summed E-state index contributed by atoms with van der Waals surface area (Å²) in [6, 6.07) is 0.759. The number of nitrogens with zero attached hydrogens (tertiary/aromatic N) is 1. The lowest BCUT2D eigenvalue weighted by atomic mass is 9.97. The standard InChI is InChI=1S/C13H28N2/c1-5-9-13(2,3)14-11-12-8-6-7-10-15(12)4/h12,14H,5-11H2,1-4H3. The molecule has 1 unspecified atom stereocenters. The van der Waals surface area contributed by atoms with Gasteiger partial charge in [-0.15, -0.1) is 0 Å². The van der Waals surface area contributed by atoms with E-state index in [9.17, 15) is 0 Å². The highest BCUT2D eigenvalue weighted by atomic mass is 15.2. The number of hydrogen-bond acceptors (Lipinski definition) is 2. The highest BCUT2D eigenvalue weighted by Crippen LogP contribution is 2.16. The third-order valence-electron chi connectivity index (χ3n) is 3.61. The Kier molecular flexibility index (Phi) is 5.07. The SMILES string of the molecule is CCCC(C)(C)NCC1CCCCN1C. The van der Waals surface area contributed by atoms with E-state index in [2.05, 4.69) is 38.0 Å². The summed E-state index contributed by atoms with van der Waals surface area (Å²) in [5, 5.41) is 3.72. The number of likely N-dealkylation sites (tertiary alicyclic amines) is 1. The molecule has 1 rings (SSSR count). The van der Waals surface area contributed by atoms with Crippen LogP contribution in [0.3, 0.4) is 0 Å². The monoisotopic (exact) mass is 212 g/mol. The van der Waals surface area contributed by atoms with E-state index in [1.54, 1.807) is 0 Å². The third kappa shape index (κ3) is 4.52. The van der Waals surface area contributed by atoms with Crippen LogP contribution in [-0.4, -0.2) is 36.6 Å².